The highest BCUT2D eigenvalue weighted by Gasteiger charge is 2.17. The van der Waals surface area contributed by atoms with Crippen molar-refractivity contribution in [3.8, 4) is 6.07 Å². The van der Waals surface area contributed by atoms with Crippen molar-refractivity contribution in [2.45, 2.75) is 39.5 Å². The van der Waals surface area contributed by atoms with E-state index in [1.807, 2.05) is 6.07 Å². The van der Waals surface area contributed by atoms with Crippen molar-refractivity contribution in [3.05, 3.63) is 23.8 Å². The van der Waals surface area contributed by atoms with Crippen LogP contribution in [0.15, 0.2) is 18.2 Å². The van der Waals surface area contributed by atoms with E-state index in [1.165, 1.54) is 0 Å². The van der Waals surface area contributed by atoms with Gasteiger partial charge in [-0.2, -0.15) is 5.26 Å². The Labute approximate surface area is 114 Å². The zero-order valence-corrected chi connectivity index (χ0v) is 11.6. The van der Waals surface area contributed by atoms with Gasteiger partial charge in [0, 0.05) is 5.92 Å². The Balaban J connectivity index is 2.78. The molecule has 0 atom stereocenters. The fourth-order valence-corrected chi connectivity index (χ4v) is 2.08. The maximum atomic E-state index is 12.2. The molecule has 0 spiro atoms. The van der Waals surface area contributed by atoms with Crippen LogP contribution in [0.25, 0.3) is 0 Å². The summed E-state index contributed by atoms with van der Waals surface area (Å²) in [7, 11) is 0. The third-order valence-corrected chi connectivity index (χ3v) is 3.08. The van der Waals surface area contributed by atoms with Crippen LogP contribution in [0.2, 0.25) is 0 Å². The van der Waals surface area contributed by atoms with E-state index in [-0.39, 0.29) is 11.8 Å². The number of anilines is 2. The molecule has 1 amide bonds. The van der Waals surface area contributed by atoms with Gasteiger partial charge in [0.25, 0.3) is 0 Å². The van der Waals surface area contributed by atoms with E-state index in [9.17, 15) is 4.79 Å². The smallest absolute Gasteiger partial charge is 0.227 e. The number of nitrogen functional groups attached to an aromatic ring is 1. The molecular formula is C15H21N3O. The van der Waals surface area contributed by atoms with Crippen LogP contribution in [-0.2, 0) is 4.79 Å². The van der Waals surface area contributed by atoms with Gasteiger partial charge >= 0.3 is 0 Å². The Hall–Kier alpha value is -2.02. The summed E-state index contributed by atoms with van der Waals surface area (Å²) in [5, 5.41) is 11.6. The van der Waals surface area contributed by atoms with Crippen LogP contribution in [0.4, 0.5) is 11.4 Å². The first kappa shape index (κ1) is 15.0. The summed E-state index contributed by atoms with van der Waals surface area (Å²) in [4.78, 5) is 12.2. The van der Waals surface area contributed by atoms with Gasteiger partial charge in [-0.15, -0.1) is 0 Å². The molecule has 0 bridgehead atoms. The lowest BCUT2D eigenvalue weighted by atomic mass is 9.97. The van der Waals surface area contributed by atoms with Crippen molar-refractivity contribution in [1.82, 2.24) is 0 Å². The number of rotatable bonds is 6. The van der Waals surface area contributed by atoms with Gasteiger partial charge in [-0.3, -0.25) is 4.79 Å². The van der Waals surface area contributed by atoms with Gasteiger partial charge in [0.15, 0.2) is 0 Å². The number of amides is 1. The van der Waals surface area contributed by atoms with Crippen molar-refractivity contribution < 1.29 is 4.79 Å². The number of nitrogens with two attached hydrogens (primary N) is 1. The first-order chi connectivity index (χ1) is 9.12. The normalized spacial score (nSPS) is 10.2. The van der Waals surface area contributed by atoms with E-state index in [0.717, 1.165) is 25.7 Å². The molecule has 19 heavy (non-hydrogen) atoms. The van der Waals surface area contributed by atoms with Gasteiger partial charge in [-0.05, 0) is 31.0 Å². The fraction of sp³-hybridized carbons (Fsp3) is 0.467. The highest BCUT2D eigenvalue weighted by molar-refractivity contribution is 5.95. The number of nitrogens with one attached hydrogen (secondary N) is 1. The Bertz CT molecular complexity index is 471. The number of benzene rings is 1. The van der Waals surface area contributed by atoms with Crippen LogP contribution < -0.4 is 11.1 Å². The molecule has 0 aliphatic heterocycles. The van der Waals surface area contributed by atoms with Gasteiger partial charge in [-0.1, -0.05) is 26.7 Å². The fourth-order valence-electron chi connectivity index (χ4n) is 2.08. The van der Waals surface area contributed by atoms with Crippen LogP contribution in [0, 0.1) is 17.2 Å². The molecule has 0 radical (unpaired) electrons. The molecule has 1 aromatic carbocycles. The standard InChI is InChI=1S/C15H21N3O/c1-3-5-12(6-4-2)15(19)18-14-8-7-11(10-16)9-13(14)17/h7-9,12H,3-6,17H2,1-2H3,(H,18,19). The van der Waals surface area contributed by atoms with E-state index in [2.05, 4.69) is 19.2 Å². The Morgan fingerprint density at radius 3 is 2.47 bits per heavy atom. The monoisotopic (exact) mass is 259 g/mol. The maximum Gasteiger partial charge on any atom is 0.227 e. The summed E-state index contributed by atoms with van der Waals surface area (Å²) >= 11 is 0. The first-order valence-electron chi connectivity index (χ1n) is 6.72. The average molecular weight is 259 g/mol. The van der Waals surface area contributed by atoms with E-state index in [0.29, 0.717) is 16.9 Å². The molecule has 0 saturated carbocycles. The Kier molecular flexibility index (Phi) is 5.87. The summed E-state index contributed by atoms with van der Waals surface area (Å²) in [5.74, 6) is 0.0464. The second-order valence-corrected chi connectivity index (χ2v) is 4.68. The molecule has 1 rings (SSSR count). The van der Waals surface area contributed by atoms with Crippen molar-refractivity contribution in [3.63, 3.8) is 0 Å². The SMILES string of the molecule is CCCC(CCC)C(=O)Nc1ccc(C#N)cc1N. The van der Waals surface area contributed by atoms with Crippen LogP contribution in [-0.4, -0.2) is 5.91 Å². The Morgan fingerprint density at radius 1 is 1.37 bits per heavy atom. The highest BCUT2D eigenvalue weighted by atomic mass is 16.1. The van der Waals surface area contributed by atoms with Crippen LogP contribution in [0.5, 0.6) is 0 Å². The zero-order valence-electron chi connectivity index (χ0n) is 11.6. The van der Waals surface area contributed by atoms with E-state index in [4.69, 9.17) is 11.0 Å². The molecule has 0 heterocycles. The summed E-state index contributed by atoms with van der Waals surface area (Å²) in [6.45, 7) is 4.15. The lowest BCUT2D eigenvalue weighted by molar-refractivity contribution is -0.120. The minimum Gasteiger partial charge on any atom is -0.397 e. The molecule has 0 aliphatic carbocycles. The molecule has 0 aliphatic rings. The van der Waals surface area contributed by atoms with Gasteiger partial charge in [0.2, 0.25) is 5.91 Å². The number of hydrogen-bond acceptors (Lipinski definition) is 3. The molecule has 0 fully saturated rings. The van der Waals surface area contributed by atoms with E-state index >= 15 is 0 Å². The second-order valence-electron chi connectivity index (χ2n) is 4.68. The van der Waals surface area contributed by atoms with E-state index < -0.39 is 0 Å². The number of hydrogen-bond donors (Lipinski definition) is 2. The molecule has 0 saturated heterocycles. The summed E-state index contributed by atoms with van der Waals surface area (Å²) in [6, 6.07) is 6.93. The average Bonchev–Trinajstić information content (AvgIpc) is 2.40. The van der Waals surface area contributed by atoms with Crippen molar-refractivity contribution in [2.75, 3.05) is 11.1 Å². The lowest BCUT2D eigenvalue weighted by Gasteiger charge is -2.16. The van der Waals surface area contributed by atoms with Crippen LogP contribution in [0.1, 0.15) is 45.1 Å². The van der Waals surface area contributed by atoms with Crippen molar-refractivity contribution in [1.29, 1.82) is 5.26 Å². The minimum atomic E-state index is 0.0140. The van der Waals surface area contributed by atoms with E-state index in [1.54, 1.807) is 18.2 Å². The quantitative estimate of drug-likeness (QED) is 0.769. The van der Waals surface area contributed by atoms with Gasteiger partial charge in [-0.25, -0.2) is 0 Å². The third-order valence-electron chi connectivity index (χ3n) is 3.08. The predicted molar refractivity (Wildman–Crippen MR) is 77.5 cm³/mol. The van der Waals surface area contributed by atoms with Crippen molar-refractivity contribution in [2.24, 2.45) is 5.92 Å². The topological polar surface area (TPSA) is 78.9 Å². The van der Waals surface area contributed by atoms with Crippen LogP contribution in [0.3, 0.4) is 0 Å². The molecule has 3 N–H and O–H groups in total. The first-order valence-corrected chi connectivity index (χ1v) is 6.72. The Morgan fingerprint density at radius 2 is 2.00 bits per heavy atom. The molecular weight excluding hydrogens is 238 g/mol. The van der Waals surface area contributed by atoms with Gasteiger partial charge < -0.3 is 11.1 Å². The maximum absolute atomic E-state index is 12.2. The largest absolute Gasteiger partial charge is 0.397 e. The predicted octanol–water partition coefficient (Wildman–Crippen LogP) is 3.30. The summed E-state index contributed by atoms with van der Waals surface area (Å²) in [6.07, 6.45) is 3.74. The van der Waals surface area contributed by atoms with Gasteiger partial charge in [0.05, 0.1) is 23.0 Å². The second kappa shape index (κ2) is 7.42. The zero-order chi connectivity index (χ0) is 14.3. The number of nitrogens with zero attached hydrogens (tertiary/aromatic N) is 1. The molecule has 4 heteroatoms. The minimum absolute atomic E-state index is 0.0140. The summed E-state index contributed by atoms with van der Waals surface area (Å²) < 4.78 is 0. The number of carbonyl (C=O) groups is 1. The van der Waals surface area contributed by atoms with Crippen LogP contribution >= 0.6 is 0 Å². The molecule has 0 unspecified atom stereocenters. The lowest BCUT2D eigenvalue weighted by Crippen LogP contribution is -2.23. The molecule has 102 valence electrons. The summed E-state index contributed by atoms with van der Waals surface area (Å²) in [5.41, 5.74) is 7.34. The molecule has 0 aromatic heterocycles. The van der Waals surface area contributed by atoms with Gasteiger partial charge in [0.1, 0.15) is 0 Å². The van der Waals surface area contributed by atoms with Crippen molar-refractivity contribution >= 4 is 17.3 Å². The molecule has 1 aromatic rings. The molecule has 4 nitrogen and oxygen atoms in total. The highest BCUT2D eigenvalue weighted by Crippen LogP contribution is 2.22. The number of carbonyl (C=O) groups excluding carboxylic acids is 1. The third kappa shape index (κ3) is 4.29. The number of nitriles is 1.